The number of ether oxygens (including phenoxy) is 6. The van der Waals surface area contributed by atoms with Gasteiger partial charge in [0.2, 0.25) is 6.29 Å². The molecule has 12 heteroatoms. The Kier molecular flexibility index (Phi) is 10.2. The van der Waals surface area contributed by atoms with Gasteiger partial charge in [0, 0.05) is 34.1 Å². The quantitative estimate of drug-likeness (QED) is 0.225. The highest BCUT2D eigenvalue weighted by Gasteiger charge is 2.53. The molecule has 0 aromatic heterocycles. The van der Waals surface area contributed by atoms with E-state index in [1.807, 2.05) is 0 Å². The van der Waals surface area contributed by atoms with Crippen LogP contribution in [-0.2, 0) is 52.4 Å². The second-order valence-electron chi connectivity index (χ2n) is 6.56. The van der Waals surface area contributed by atoms with Crippen LogP contribution in [0.2, 0.25) is 0 Å². The molecule has 0 radical (unpaired) electrons. The van der Waals surface area contributed by atoms with Crippen LogP contribution in [0.4, 0.5) is 0 Å². The summed E-state index contributed by atoms with van der Waals surface area (Å²) in [6.45, 7) is 5.47. The lowest BCUT2D eigenvalue weighted by Crippen LogP contribution is -2.63. The summed E-state index contributed by atoms with van der Waals surface area (Å²) >= 11 is 4.16. The Morgan fingerprint density at radius 3 is 1.77 bits per heavy atom. The minimum absolute atomic E-state index is 0.0873. The average molecular weight is 450 g/mol. The fourth-order valence-electron chi connectivity index (χ4n) is 2.75. The number of carbonyl (C=O) groups is 5. The van der Waals surface area contributed by atoms with Crippen LogP contribution in [0.25, 0.3) is 0 Å². The fraction of sp³-hybridized carbons (Fsp3) is 0.722. The molecule has 0 bridgehead atoms. The standard InChI is InChI=1S/C18H26O11S/c1-8(19)6-14(30)29-18-17(27-12(5)23)16(26-11(4)22)15(25-10(3)21)13(28-18)7-24-9(2)20/h13-18,30H,6-7H2,1-5H3/t13-,14?,15-,16+,17-,18+/m1/s1. The van der Waals surface area contributed by atoms with Gasteiger partial charge in [0.05, 0.1) is 0 Å². The molecule has 0 N–H and O–H groups in total. The van der Waals surface area contributed by atoms with E-state index in [1.54, 1.807) is 0 Å². The van der Waals surface area contributed by atoms with Crippen LogP contribution in [0.3, 0.4) is 0 Å². The van der Waals surface area contributed by atoms with Crippen LogP contribution in [0.15, 0.2) is 0 Å². The first kappa shape index (κ1) is 25.9. The van der Waals surface area contributed by atoms with Gasteiger partial charge in [-0.2, -0.15) is 0 Å². The molecule has 6 atom stereocenters. The highest BCUT2D eigenvalue weighted by molar-refractivity contribution is 7.80. The second-order valence-corrected chi connectivity index (χ2v) is 7.14. The smallest absolute Gasteiger partial charge is 0.303 e. The van der Waals surface area contributed by atoms with E-state index in [0.29, 0.717) is 0 Å². The number of hydrogen-bond acceptors (Lipinski definition) is 12. The van der Waals surface area contributed by atoms with E-state index in [1.165, 1.54) is 13.8 Å². The van der Waals surface area contributed by atoms with E-state index >= 15 is 0 Å². The number of esters is 4. The molecule has 0 spiro atoms. The molecule has 0 saturated carbocycles. The molecule has 0 aromatic rings. The normalized spacial score (nSPS) is 26.8. The third-order valence-corrected chi connectivity index (χ3v) is 4.01. The zero-order chi connectivity index (χ0) is 23.0. The van der Waals surface area contributed by atoms with Gasteiger partial charge in [0.25, 0.3) is 0 Å². The third-order valence-electron chi connectivity index (χ3n) is 3.70. The van der Waals surface area contributed by atoms with E-state index in [2.05, 4.69) is 12.6 Å². The zero-order valence-electron chi connectivity index (χ0n) is 17.3. The number of carbonyl (C=O) groups excluding carboxylic acids is 5. The number of hydrogen-bond donors (Lipinski definition) is 1. The summed E-state index contributed by atoms with van der Waals surface area (Å²) in [7, 11) is 0. The molecule has 170 valence electrons. The van der Waals surface area contributed by atoms with Gasteiger partial charge in [-0.15, -0.1) is 12.6 Å². The zero-order valence-corrected chi connectivity index (χ0v) is 18.2. The van der Waals surface area contributed by atoms with Gasteiger partial charge in [-0.25, -0.2) is 0 Å². The molecule has 30 heavy (non-hydrogen) atoms. The first-order valence-electron chi connectivity index (χ1n) is 9.04. The van der Waals surface area contributed by atoms with Gasteiger partial charge >= 0.3 is 23.9 Å². The van der Waals surface area contributed by atoms with Crippen molar-refractivity contribution in [3.8, 4) is 0 Å². The average Bonchev–Trinajstić information content (AvgIpc) is 2.56. The molecule has 0 aromatic carbocycles. The highest BCUT2D eigenvalue weighted by atomic mass is 32.1. The molecule has 1 fully saturated rings. The molecule has 0 aliphatic carbocycles. The van der Waals surface area contributed by atoms with Gasteiger partial charge < -0.3 is 28.4 Å². The first-order chi connectivity index (χ1) is 13.9. The van der Waals surface area contributed by atoms with E-state index in [0.717, 1.165) is 20.8 Å². The maximum atomic E-state index is 11.7. The van der Waals surface area contributed by atoms with Crippen LogP contribution in [0.1, 0.15) is 41.0 Å². The topological polar surface area (TPSA) is 141 Å². The Bertz CT molecular complexity index is 665. The van der Waals surface area contributed by atoms with Crippen molar-refractivity contribution in [1.82, 2.24) is 0 Å². The van der Waals surface area contributed by atoms with Crippen molar-refractivity contribution in [3.05, 3.63) is 0 Å². The van der Waals surface area contributed by atoms with Gasteiger partial charge in [-0.05, 0) is 6.92 Å². The lowest BCUT2D eigenvalue weighted by molar-refractivity contribution is -0.310. The van der Waals surface area contributed by atoms with Crippen molar-refractivity contribution in [2.24, 2.45) is 0 Å². The van der Waals surface area contributed by atoms with E-state index < -0.39 is 60.0 Å². The fourth-order valence-corrected chi connectivity index (χ4v) is 3.12. The van der Waals surface area contributed by atoms with Crippen LogP contribution < -0.4 is 0 Å². The maximum absolute atomic E-state index is 11.7. The van der Waals surface area contributed by atoms with Gasteiger partial charge in [0.15, 0.2) is 18.3 Å². The molecule has 1 aliphatic heterocycles. The maximum Gasteiger partial charge on any atom is 0.303 e. The van der Waals surface area contributed by atoms with Crippen molar-refractivity contribution < 1.29 is 52.4 Å². The molecule has 11 nitrogen and oxygen atoms in total. The first-order valence-corrected chi connectivity index (χ1v) is 9.55. The second kappa shape index (κ2) is 11.9. The Morgan fingerprint density at radius 2 is 1.30 bits per heavy atom. The van der Waals surface area contributed by atoms with E-state index in [9.17, 15) is 24.0 Å². The lowest BCUT2D eigenvalue weighted by Gasteiger charge is -2.44. The summed E-state index contributed by atoms with van der Waals surface area (Å²) in [4.78, 5) is 57.6. The minimum Gasteiger partial charge on any atom is -0.463 e. The van der Waals surface area contributed by atoms with Crippen molar-refractivity contribution in [2.45, 2.75) is 77.2 Å². The summed E-state index contributed by atoms with van der Waals surface area (Å²) in [6.07, 6.45) is -6.56. The largest absolute Gasteiger partial charge is 0.463 e. The van der Waals surface area contributed by atoms with Crippen LogP contribution in [-0.4, -0.2) is 72.4 Å². The number of ketones is 1. The molecule has 1 unspecified atom stereocenters. The SMILES string of the molecule is CC(=O)CC(S)O[C@@H]1O[C@H](COC(C)=O)[C@@H](OC(C)=O)[C@H](OC(C)=O)[C@H]1OC(C)=O. The monoisotopic (exact) mass is 450 g/mol. The number of thiol groups is 1. The van der Waals surface area contributed by atoms with Crippen molar-refractivity contribution >= 4 is 42.3 Å². The lowest BCUT2D eigenvalue weighted by atomic mass is 9.98. The van der Waals surface area contributed by atoms with Crippen molar-refractivity contribution in [2.75, 3.05) is 6.61 Å². The summed E-state index contributed by atoms with van der Waals surface area (Å²) in [5.41, 5.74) is -0.941. The summed E-state index contributed by atoms with van der Waals surface area (Å²) in [5.74, 6) is -3.10. The predicted octanol–water partition coefficient (Wildman–Crippen LogP) is 0.321. The number of Topliss-reactive ketones (excluding diaryl/α,β-unsaturated/α-hetero) is 1. The minimum atomic E-state index is -1.37. The van der Waals surface area contributed by atoms with Crippen LogP contribution in [0, 0.1) is 0 Å². The Hall–Kier alpha value is -2.18. The van der Waals surface area contributed by atoms with Gasteiger partial charge in [-0.1, -0.05) is 0 Å². The molecule has 1 aliphatic rings. The van der Waals surface area contributed by atoms with E-state index in [-0.39, 0.29) is 18.8 Å². The van der Waals surface area contributed by atoms with Crippen LogP contribution >= 0.6 is 12.6 Å². The summed E-state index contributed by atoms with van der Waals surface area (Å²) in [5, 5.41) is 0. The Balaban J connectivity index is 3.30. The number of rotatable bonds is 9. The molecular formula is C18H26O11S. The molecule has 1 heterocycles. The van der Waals surface area contributed by atoms with Crippen LogP contribution in [0.5, 0.6) is 0 Å². The molecule has 1 rings (SSSR count). The molecule has 0 amide bonds. The Labute approximate surface area is 179 Å². The van der Waals surface area contributed by atoms with Gasteiger partial charge in [-0.3, -0.25) is 24.0 Å². The Morgan fingerprint density at radius 1 is 0.800 bits per heavy atom. The van der Waals surface area contributed by atoms with Crippen molar-refractivity contribution in [1.29, 1.82) is 0 Å². The summed E-state index contributed by atoms with van der Waals surface area (Å²) < 4.78 is 32.0. The third kappa shape index (κ3) is 8.67. The van der Waals surface area contributed by atoms with Crippen molar-refractivity contribution in [3.63, 3.8) is 0 Å². The molecular weight excluding hydrogens is 424 g/mol. The predicted molar refractivity (Wildman–Crippen MR) is 101 cm³/mol. The molecule has 1 saturated heterocycles. The van der Waals surface area contributed by atoms with E-state index in [4.69, 9.17) is 28.4 Å². The summed E-state index contributed by atoms with van der Waals surface area (Å²) in [6, 6.07) is 0. The van der Waals surface area contributed by atoms with Gasteiger partial charge in [0.1, 0.15) is 23.9 Å². The highest BCUT2D eigenvalue weighted by Crippen LogP contribution is 2.31.